The quantitative estimate of drug-likeness (QED) is 0.382. The van der Waals surface area contributed by atoms with Crippen molar-refractivity contribution >= 4 is 22.7 Å². The van der Waals surface area contributed by atoms with Crippen molar-refractivity contribution in [2.45, 2.75) is 13.8 Å². The molecule has 3 aromatic heterocycles. The maximum Gasteiger partial charge on any atom is 0.165 e. The molecule has 7 heteroatoms. The van der Waals surface area contributed by atoms with Gasteiger partial charge < -0.3 is 9.80 Å². The molecule has 174 valence electrons. The second-order valence-electron chi connectivity index (χ2n) is 8.95. The van der Waals surface area contributed by atoms with Gasteiger partial charge in [0.05, 0.1) is 17.1 Å². The van der Waals surface area contributed by atoms with Crippen molar-refractivity contribution < 1.29 is 0 Å². The Hall–Kier alpha value is -4.26. The van der Waals surface area contributed by atoms with E-state index in [9.17, 15) is 0 Å². The average Bonchev–Trinajstić information content (AvgIpc) is 3.26. The number of anilines is 2. The van der Waals surface area contributed by atoms with E-state index < -0.39 is 0 Å². The number of para-hydroxylation sites is 1. The van der Waals surface area contributed by atoms with E-state index >= 15 is 0 Å². The number of rotatable bonds is 4. The molecule has 7 nitrogen and oxygen atoms in total. The molecule has 1 saturated heterocycles. The Kier molecular flexibility index (Phi) is 5.37. The van der Waals surface area contributed by atoms with E-state index in [2.05, 4.69) is 76.3 Å². The monoisotopic (exact) mass is 461 g/mol. The summed E-state index contributed by atoms with van der Waals surface area (Å²) in [6.07, 6.45) is 0. The highest BCUT2D eigenvalue weighted by Crippen LogP contribution is 2.28. The molecule has 5 aromatic rings. The lowest BCUT2D eigenvalue weighted by molar-refractivity contribution is 0.638. The first kappa shape index (κ1) is 21.3. The van der Waals surface area contributed by atoms with Crippen LogP contribution in [0.2, 0.25) is 0 Å². The molecule has 6 rings (SSSR count). The number of hydrogen-bond donors (Lipinski definition) is 0. The summed E-state index contributed by atoms with van der Waals surface area (Å²) in [4.78, 5) is 9.73. The average molecular weight is 462 g/mol. The van der Waals surface area contributed by atoms with Crippen LogP contribution >= 0.6 is 0 Å². The van der Waals surface area contributed by atoms with Crippen molar-refractivity contribution in [3.05, 3.63) is 90.1 Å². The minimum absolute atomic E-state index is 0.870. The topological polar surface area (TPSA) is 63.0 Å². The van der Waals surface area contributed by atoms with Crippen LogP contribution in [-0.4, -0.2) is 51.1 Å². The molecular formula is C28H27N7. The zero-order valence-corrected chi connectivity index (χ0v) is 20.0. The van der Waals surface area contributed by atoms with Crippen molar-refractivity contribution in [3.63, 3.8) is 0 Å². The zero-order valence-electron chi connectivity index (χ0n) is 20.0. The summed E-state index contributed by atoms with van der Waals surface area (Å²) >= 11 is 0. The highest BCUT2D eigenvalue weighted by molar-refractivity contribution is 5.85. The lowest BCUT2D eigenvalue weighted by Gasteiger charge is -2.36. The Balaban J connectivity index is 1.22. The van der Waals surface area contributed by atoms with Gasteiger partial charge in [0.25, 0.3) is 0 Å². The molecule has 0 unspecified atom stereocenters. The third-order valence-corrected chi connectivity index (χ3v) is 6.64. The van der Waals surface area contributed by atoms with Crippen LogP contribution in [0.1, 0.15) is 11.3 Å². The highest BCUT2D eigenvalue weighted by Gasteiger charge is 2.22. The Morgan fingerprint density at radius 2 is 1.34 bits per heavy atom. The molecule has 1 aliphatic heterocycles. The normalized spacial score (nSPS) is 14.0. The van der Waals surface area contributed by atoms with Gasteiger partial charge in [0.1, 0.15) is 5.82 Å². The Morgan fingerprint density at radius 1 is 0.686 bits per heavy atom. The number of aryl methyl sites for hydroxylation is 2. The molecule has 2 aromatic carbocycles. The lowest BCUT2D eigenvalue weighted by atomic mass is 10.1. The van der Waals surface area contributed by atoms with Gasteiger partial charge in [-0.1, -0.05) is 48.5 Å². The third kappa shape index (κ3) is 3.99. The Morgan fingerprint density at radius 3 is 2.00 bits per heavy atom. The van der Waals surface area contributed by atoms with Crippen molar-refractivity contribution in [2.24, 2.45) is 0 Å². The van der Waals surface area contributed by atoms with Crippen molar-refractivity contribution in [2.75, 3.05) is 36.0 Å². The van der Waals surface area contributed by atoms with Gasteiger partial charge in [0.2, 0.25) is 0 Å². The fourth-order valence-corrected chi connectivity index (χ4v) is 4.82. The standard InChI is InChI=1S/C28H27N7/c1-20-19-26(29-28-27(20)21(2)32-35(28)23-11-7-4-8-12-23)34-17-15-33(16-18-34)25-14-13-24(30-31-25)22-9-5-3-6-10-22/h3-14,19H,15-18H2,1-2H3. The van der Waals surface area contributed by atoms with Crippen LogP contribution in [0.5, 0.6) is 0 Å². The molecule has 1 aliphatic rings. The SMILES string of the molecule is Cc1cc(N2CCN(c3ccc(-c4ccccc4)nn3)CC2)nc2c1c(C)nn2-c1ccccc1. The predicted molar refractivity (Wildman–Crippen MR) is 140 cm³/mol. The summed E-state index contributed by atoms with van der Waals surface area (Å²) in [7, 11) is 0. The van der Waals surface area contributed by atoms with Crippen LogP contribution in [0.15, 0.2) is 78.9 Å². The molecule has 0 atom stereocenters. The molecule has 0 amide bonds. The summed E-state index contributed by atoms with van der Waals surface area (Å²) in [6.45, 7) is 7.69. The van der Waals surface area contributed by atoms with Gasteiger partial charge in [0, 0.05) is 37.1 Å². The fourth-order valence-electron chi connectivity index (χ4n) is 4.82. The molecule has 0 bridgehead atoms. The van der Waals surface area contributed by atoms with E-state index in [4.69, 9.17) is 10.1 Å². The van der Waals surface area contributed by atoms with Gasteiger partial charge in [-0.25, -0.2) is 9.67 Å². The lowest BCUT2D eigenvalue weighted by Crippen LogP contribution is -2.47. The van der Waals surface area contributed by atoms with E-state index in [1.165, 1.54) is 5.56 Å². The number of nitrogens with zero attached hydrogens (tertiary/aromatic N) is 7. The van der Waals surface area contributed by atoms with E-state index in [-0.39, 0.29) is 0 Å². The smallest absolute Gasteiger partial charge is 0.165 e. The highest BCUT2D eigenvalue weighted by atomic mass is 15.3. The van der Waals surface area contributed by atoms with Crippen molar-refractivity contribution in [1.82, 2.24) is 25.0 Å². The van der Waals surface area contributed by atoms with Crippen LogP contribution in [0.25, 0.3) is 28.0 Å². The maximum absolute atomic E-state index is 5.08. The molecule has 1 fully saturated rings. The van der Waals surface area contributed by atoms with E-state index in [1.54, 1.807) is 0 Å². The second-order valence-corrected chi connectivity index (χ2v) is 8.95. The third-order valence-electron chi connectivity index (χ3n) is 6.64. The minimum Gasteiger partial charge on any atom is -0.353 e. The number of fused-ring (bicyclic) bond motifs is 1. The number of benzene rings is 2. The summed E-state index contributed by atoms with van der Waals surface area (Å²) < 4.78 is 1.96. The van der Waals surface area contributed by atoms with Gasteiger partial charge >= 0.3 is 0 Å². The molecule has 35 heavy (non-hydrogen) atoms. The first-order chi connectivity index (χ1) is 17.2. The number of aromatic nitrogens is 5. The largest absolute Gasteiger partial charge is 0.353 e. The number of piperazine rings is 1. The Bertz CT molecular complexity index is 1450. The first-order valence-corrected chi connectivity index (χ1v) is 12.0. The minimum atomic E-state index is 0.870. The molecule has 0 spiro atoms. The van der Waals surface area contributed by atoms with Crippen LogP contribution in [0.4, 0.5) is 11.6 Å². The van der Waals surface area contributed by atoms with Gasteiger partial charge in [-0.05, 0) is 49.7 Å². The van der Waals surface area contributed by atoms with Gasteiger partial charge in [-0.3, -0.25) is 0 Å². The molecule has 4 heterocycles. The molecular weight excluding hydrogens is 434 g/mol. The fraction of sp³-hybridized carbons (Fsp3) is 0.214. The van der Waals surface area contributed by atoms with Crippen LogP contribution in [0.3, 0.4) is 0 Å². The maximum atomic E-state index is 5.08. The molecule has 0 aliphatic carbocycles. The predicted octanol–water partition coefficient (Wildman–Crippen LogP) is 4.82. The summed E-state index contributed by atoms with van der Waals surface area (Å²) in [5.74, 6) is 1.92. The van der Waals surface area contributed by atoms with Gasteiger partial charge in [0.15, 0.2) is 11.5 Å². The number of hydrogen-bond acceptors (Lipinski definition) is 6. The second kappa shape index (κ2) is 8.83. The van der Waals surface area contributed by atoms with Crippen LogP contribution < -0.4 is 9.80 Å². The van der Waals surface area contributed by atoms with Gasteiger partial charge in [-0.15, -0.1) is 10.2 Å². The van der Waals surface area contributed by atoms with E-state index in [1.807, 2.05) is 41.1 Å². The van der Waals surface area contributed by atoms with E-state index in [0.29, 0.717) is 0 Å². The van der Waals surface area contributed by atoms with Crippen LogP contribution in [-0.2, 0) is 0 Å². The summed E-state index contributed by atoms with van der Waals surface area (Å²) in [5.41, 5.74) is 6.12. The molecule has 0 saturated carbocycles. The molecule has 0 radical (unpaired) electrons. The summed E-state index contributed by atoms with van der Waals surface area (Å²) in [5, 5.41) is 14.9. The Labute approximate surface area is 204 Å². The summed E-state index contributed by atoms with van der Waals surface area (Å²) in [6, 6.07) is 26.7. The van der Waals surface area contributed by atoms with Crippen molar-refractivity contribution in [3.8, 4) is 16.9 Å². The van der Waals surface area contributed by atoms with Crippen LogP contribution in [0, 0.1) is 13.8 Å². The van der Waals surface area contributed by atoms with Gasteiger partial charge in [-0.2, -0.15) is 5.10 Å². The number of pyridine rings is 1. The zero-order chi connectivity index (χ0) is 23.8. The molecule has 0 N–H and O–H groups in total. The van der Waals surface area contributed by atoms with E-state index in [0.717, 1.165) is 71.5 Å². The van der Waals surface area contributed by atoms with Crippen molar-refractivity contribution in [1.29, 1.82) is 0 Å². The first-order valence-electron chi connectivity index (χ1n) is 12.0.